The van der Waals surface area contributed by atoms with Crippen LogP contribution in [-0.4, -0.2) is 25.1 Å². The summed E-state index contributed by atoms with van der Waals surface area (Å²) in [6.07, 6.45) is 1.38. The average molecular weight is 285 g/mol. The number of hydrogen-bond acceptors (Lipinski definition) is 5. The van der Waals surface area contributed by atoms with Crippen LogP contribution in [0, 0.1) is 0 Å². The van der Waals surface area contributed by atoms with Crippen LogP contribution in [0.1, 0.15) is 19.4 Å². The standard InChI is InChI=1S/C14H17NO4.Na/c1-3-19-14(18)8-10(2)11-6-4-5-7-12(11)15-9-13(16)17;/h4-8,15H,3,9H2,1-2H3,(H,16,17);/q;+1/p-1/b10-8+;. The number of para-hydroxylation sites is 1. The number of aliphatic carboxylic acids is 1. The fourth-order valence-electron chi connectivity index (χ4n) is 1.59. The molecule has 0 aliphatic heterocycles. The minimum atomic E-state index is -1.19. The number of benzene rings is 1. The molecule has 0 aromatic heterocycles. The summed E-state index contributed by atoms with van der Waals surface area (Å²) in [5.41, 5.74) is 2.07. The molecular formula is C14H16NNaO4. The molecule has 0 spiro atoms. The van der Waals surface area contributed by atoms with Crippen LogP contribution in [0.4, 0.5) is 5.69 Å². The third kappa shape index (κ3) is 6.23. The number of allylic oxidation sites excluding steroid dienone is 1. The number of rotatable bonds is 6. The Bertz CT molecular complexity index is 500. The second kappa shape index (κ2) is 9.58. The molecule has 0 bridgehead atoms. The Hall–Kier alpha value is -1.30. The maximum atomic E-state index is 11.4. The SMILES string of the molecule is CCOC(=O)/C=C(\C)c1ccccc1NCC(=O)[O-].[Na+]. The van der Waals surface area contributed by atoms with Crippen molar-refractivity contribution in [2.75, 3.05) is 18.5 Å². The molecule has 0 unspecified atom stereocenters. The van der Waals surface area contributed by atoms with Gasteiger partial charge in [-0.25, -0.2) is 4.79 Å². The number of nitrogens with one attached hydrogen (secondary N) is 1. The van der Waals surface area contributed by atoms with Crippen molar-refractivity contribution in [1.82, 2.24) is 0 Å². The molecule has 102 valence electrons. The number of carbonyl (C=O) groups excluding carboxylic acids is 2. The predicted molar refractivity (Wildman–Crippen MR) is 70.2 cm³/mol. The zero-order valence-corrected chi connectivity index (χ0v) is 13.9. The maximum Gasteiger partial charge on any atom is 1.00 e. The Morgan fingerprint density at radius 2 is 2.00 bits per heavy atom. The van der Waals surface area contributed by atoms with E-state index < -0.39 is 11.9 Å². The van der Waals surface area contributed by atoms with E-state index in [1.807, 2.05) is 6.07 Å². The Morgan fingerprint density at radius 3 is 2.60 bits per heavy atom. The third-order valence-electron chi connectivity index (χ3n) is 2.40. The molecule has 1 N–H and O–H groups in total. The Labute approximate surface area is 140 Å². The van der Waals surface area contributed by atoms with Crippen LogP contribution in [0.3, 0.4) is 0 Å². The fourth-order valence-corrected chi connectivity index (χ4v) is 1.59. The predicted octanol–water partition coefficient (Wildman–Crippen LogP) is -2.18. The third-order valence-corrected chi connectivity index (χ3v) is 2.40. The smallest absolute Gasteiger partial charge is 0.548 e. The van der Waals surface area contributed by atoms with Crippen molar-refractivity contribution in [1.29, 1.82) is 0 Å². The van der Waals surface area contributed by atoms with Crippen LogP contribution in [-0.2, 0) is 14.3 Å². The monoisotopic (exact) mass is 285 g/mol. The number of anilines is 1. The van der Waals surface area contributed by atoms with Gasteiger partial charge < -0.3 is 20.0 Å². The van der Waals surface area contributed by atoms with Crippen LogP contribution >= 0.6 is 0 Å². The van der Waals surface area contributed by atoms with Crippen LogP contribution in [0.5, 0.6) is 0 Å². The molecule has 0 heterocycles. The van der Waals surface area contributed by atoms with Gasteiger partial charge in [-0.2, -0.15) is 0 Å². The molecule has 1 rings (SSSR count). The summed E-state index contributed by atoms with van der Waals surface area (Å²) < 4.78 is 4.83. The molecule has 1 aromatic carbocycles. The van der Waals surface area contributed by atoms with Crippen molar-refractivity contribution in [2.45, 2.75) is 13.8 Å². The molecule has 6 heteroatoms. The second-order valence-corrected chi connectivity index (χ2v) is 3.85. The van der Waals surface area contributed by atoms with E-state index in [-0.39, 0.29) is 36.1 Å². The molecule has 20 heavy (non-hydrogen) atoms. The van der Waals surface area contributed by atoms with E-state index in [0.717, 1.165) is 5.56 Å². The summed E-state index contributed by atoms with van der Waals surface area (Å²) in [7, 11) is 0. The van der Waals surface area contributed by atoms with Gasteiger partial charge in [0.25, 0.3) is 0 Å². The van der Waals surface area contributed by atoms with Crippen LogP contribution in [0.25, 0.3) is 5.57 Å². The van der Waals surface area contributed by atoms with Gasteiger partial charge in [0.05, 0.1) is 19.1 Å². The number of carbonyl (C=O) groups is 2. The van der Waals surface area contributed by atoms with Gasteiger partial charge >= 0.3 is 35.5 Å². The first-order valence-electron chi connectivity index (χ1n) is 5.92. The summed E-state index contributed by atoms with van der Waals surface area (Å²) in [4.78, 5) is 21.8. The Balaban J connectivity index is 0.00000361. The van der Waals surface area contributed by atoms with Crippen LogP contribution < -0.4 is 40.0 Å². The normalized spacial score (nSPS) is 10.4. The largest absolute Gasteiger partial charge is 1.00 e. The van der Waals surface area contributed by atoms with Crippen LogP contribution in [0.2, 0.25) is 0 Å². The van der Waals surface area contributed by atoms with E-state index >= 15 is 0 Å². The summed E-state index contributed by atoms with van der Waals surface area (Å²) in [5.74, 6) is -1.61. The molecule has 1 aromatic rings. The van der Waals surface area contributed by atoms with Gasteiger partial charge in [0.1, 0.15) is 0 Å². The Morgan fingerprint density at radius 1 is 1.35 bits per heavy atom. The van der Waals surface area contributed by atoms with Gasteiger partial charge in [-0.05, 0) is 25.5 Å². The molecule has 0 saturated carbocycles. The topological polar surface area (TPSA) is 78.5 Å². The first-order chi connectivity index (χ1) is 9.04. The Kier molecular flexibility index (Phi) is 8.96. The van der Waals surface area contributed by atoms with Crippen LogP contribution in [0.15, 0.2) is 30.3 Å². The zero-order chi connectivity index (χ0) is 14.3. The minimum absolute atomic E-state index is 0. The van der Waals surface area contributed by atoms with E-state index in [2.05, 4.69) is 5.32 Å². The summed E-state index contributed by atoms with van der Waals surface area (Å²) in [5, 5.41) is 13.2. The molecule has 0 saturated heterocycles. The summed E-state index contributed by atoms with van der Waals surface area (Å²) in [6.45, 7) is 3.52. The van der Waals surface area contributed by atoms with Gasteiger partial charge in [-0.1, -0.05) is 18.2 Å². The molecule has 5 nitrogen and oxygen atoms in total. The first-order valence-corrected chi connectivity index (χ1v) is 5.92. The molecule has 0 atom stereocenters. The van der Waals surface area contributed by atoms with Gasteiger partial charge in [0.15, 0.2) is 0 Å². The van der Waals surface area contributed by atoms with Crippen molar-refractivity contribution in [3.63, 3.8) is 0 Å². The van der Waals surface area contributed by atoms with Gasteiger partial charge in [0.2, 0.25) is 0 Å². The molecule has 0 aliphatic rings. The van der Waals surface area contributed by atoms with Gasteiger partial charge in [-0.3, -0.25) is 0 Å². The van der Waals surface area contributed by atoms with Crippen molar-refractivity contribution in [2.24, 2.45) is 0 Å². The van der Waals surface area contributed by atoms with Crippen molar-refractivity contribution < 1.29 is 49.0 Å². The molecule has 0 amide bonds. The maximum absolute atomic E-state index is 11.4. The van der Waals surface area contributed by atoms with Crippen molar-refractivity contribution in [3.05, 3.63) is 35.9 Å². The van der Waals surface area contributed by atoms with E-state index in [9.17, 15) is 14.7 Å². The number of hydrogen-bond donors (Lipinski definition) is 1. The van der Waals surface area contributed by atoms with E-state index in [1.54, 1.807) is 32.0 Å². The van der Waals surface area contributed by atoms with Crippen molar-refractivity contribution in [3.8, 4) is 0 Å². The summed E-state index contributed by atoms with van der Waals surface area (Å²) >= 11 is 0. The number of carboxylic acids is 1. The average Bonchev–Trinajstić information content (AvgIpc) is 2.36. The molecule has 0 radical (unpaired) electrons. The zero-order valence-electron chi connectivity index (χ0n) is 11.9. The van der Waals surface area contributed by atoms with E-state index in [4.69, 9.17) is 4.74 Å². The van der Waals surface area contributed by atoms with E-state index in [0.29, 0.717) is 17.9 Å². The van der Waals surface area contributed by atoms with Gasteiger partial charge in [-0.15, -0.1) is 0 Å². The number of carboxylic acid groups (broad SMARTS) is 1. The second-order valence-electron chi connectivity index (χ2n) is 3.85. The van der Waals surface area contributed by atoms with Crippen molar-refractivity contribution >= 4 is 23.2 Å². The number of esters is 1. The molecular weight excluding hydrogens is 269 g/mol. The molecule has 0 aliphatic carbocycles. The number of ether oxygens (including phenoxy) is 1. The first kappa shape index (κ1) is 18.7. The van der Waals surface area contributed by atoms with Gasteiger partial charge in [0, 0.05) is 17.3 Å². The quantitative estimate of drug-likeness (QED) is 0.365. The minimum Gasteiger partial charge on any atom is -0.548 e. The fraction of sp³-hybridized carbons (Fsp3) is 0.286. The van der Waals surface area contributed by atoms with E-state index in [1.165, 1.54) is 6.08 Å². The summed E-state index contributed by atoms with van der Waals surface area (Å²) in [6, 6.07) is 7.12. The molecule has 0 fully saturated rings.